The zero-order valence-corrected chi connectivity index (χ0v) is 12.2. The van der Waals surface area contributed by atoms with E-state index in [-0.39, 0.29) is 0 Å². The van der Waals surface area contributed by atoms with E-state index in [1.807, 2.05) is 6.20 Å². The largest absolute Gasteiger partial charge is 0.314 e. The summed E-state index contributed by atoms with van der Waals surface area (Å²) in [6.07, 6.45) is 4.57. The summed E-state index contributed by atoms with van der Waals surface area (Å²) in [6, 6.07) is 8.53. The maximum Gasteiger partial charge on any atom is 0.0790 e. The number of rotatable bonds is 4. The molecule has 0 amide bonds. The number of nitrogens with one attached hydrogen (secondary N) is 1. The first-order chi connectivity index (χ1) is 9.81. The molecular weight excluding hydrogens is 272 g/mol. The number of halogens is 1. The molecule has 1 fully saturated rings. The molecule has 0 saturated carbocycles. The van der Waals surface area contributed by atoms with Crippen LogP contribution in [-0.2, 0) is 6.42 Å². The summed E-state index contributed by atoms with van der Waals surface area (Å²) in [6.45, 7) is 5.67. The minimum atomic E-state index is 0.660. The first kappa shape index (κ1) is 13.6. The molecule has 2 heterocycles. The molecule has 5 heteroatoms. The van der Waals surface area contributed by atoms with Gasteiger partial charge in [-0.1, -0.05) is 23.7 Å². The Morgan fingerprint density at radius 3 is 2.55 bits per heavy atom. The van der Waals surface area contributed by atoms with Crippen molar-refractivity contribution in [1.29, 1.82) is 0 Å². The second-order valence-electron chi connectivity index (χ2n) is 5.11. The molecule has 0 aliphatic carbocycles. The summed E-state index contributed by atoms with van der Waals surface area (Å²) < 4.78 is 1.79. The minimum Gasteiger partial charge on any atom is -0.314 e. The van der Waals surface area contributed by atoms with E-state index in [2.05, 4.69) is 39.6 Å². The van der Waals surface area contributed by atoms with Crippen molar-refractivity contribution < 1.29 is 0 Å². The standard InChI is InChI=1S/C15H19ClN4/c16-14-11-18-20(12-14)15-3-1-13(2-4-15)5-8-19-9-6-17-7-10-19/h1-4,11-12,17H,5-10H2. The third-order valence-electron chi connectivity index (χ3n) is 3.68. The van der Waals surface area contributed by atoms with Crippen LogP contribution in [0.5, 0.6) is 0 Å². The van der Waals surface area contributed by atoms with Gasteiger partial charge in [-0.25, -0.2) is 4.68 Å². The Morgan fingerprint density at radius 2 is 1.90 bits per heavy atom. The zero-order chi connectivity index (χ0) is 13.8. The van der Waals surface area contributed by atoms with Gasteiger partial charge in [-0.2, -0.15) is 5.10 Å². The van der Waals surface area contributed by atoms with Crippen LogP contribution in [0.15, 0.2) is 36.7 Å². The molecule has 0 atom stereocenters. The predicted molar refractivity (Wildman–Crippen MR) is 81.6 cm³/mol. The average molecular weight is 291 g/mol. The van der Waals surface area contributed by atoms with Gasteiger partial charge in [0.1, 0.15) is 0 Å². The molecule has 106 valence electrons. The summed E-state index contributed by atoms with van der Waals surface area (Å²) in [4.78, 5) is 2.51. The van der Waals surface area contributed by atoms with Gasteiger partial charge in [-0.05, 0) is 24.1 Å². The fraction of sp³-hybridized carbons (Fsp3) is 0.400. The molecule has 3 rings (SSSR count). The molecule has 2 aromatic rings. The van der Waals surface area contributed by atoms with Gasteiger partial charge in [0.05, 0.1) is 16.9 Å². The van der Waals surface area contributed by atoms with Gasteiger partial charge in [0.2, 0.25) is 0 Å². The molecule has 4 nitrogen and oxygen atoms in total. The topological polar surface area (TPSA) is 33.1 Å². The number of hydrogen-bond acceptors (Lipinski definition) is 3. The first-order valence-corrected chi connectivity index (χ1v) is 7.42. The molecule has 1 aliphatic heterocycles. The molecule has 1 aromatic carbocycles. The highest BCUT2D eigenvalue weighted by Gasteiger charge is 2.09. The smallest absolute Gasteiger partial charge is 0.0790 e. The van der Waals surface area contributed by atoms with Gasteiger partial charge in [0.15, 0.2) is 0 Å². The van der Waals surface area contributed by atoms with Crippen LogP contribution in [0.3, 0.4) is 0 Å². The van der Waals surface area contributed by atoms with E-state index in [1.165, 1.54) is 5.56 Å². The molecule has 0 radical (unpaired) electrons. The number of piperazine rings is 1. The second kappa shape index (κ2) is 6.39. The lowest BCUT2D eigenvalue weighted by atomic mass is 10.1. The Labute approximate surface area is 124 Å². The van der Waals surface area contributed by atoms with Crippen molar-refractivity contribution in [3.05, 3.63) is 47.2 Å². The molecule has 0 bridgehead atoms. The van der Waals surface area contributed by atoms with E-state index in [0.717, 1.165) is 44.8 Å². The van der Waals surface area contributed by atoms with E-state index in [9.17, 15) is 0 Å². The van der Waals surface area contributed by atoms with Crippen LogP contribution < -0.4 is 5.32 Å². The fourth-order valence-electron chi connectivity index (χ4n) is 2.48. The van der Waals surface area contributed by atoms with E-state index < -0.39 is 0 Å². The molecule has 1 N–H and O–H groups in total. The van der Waals surface area contributed by atoms with Crippen molar-refractivity contribution in [1.82, 2.24) is 20.0 Å². The molecule has 0 spiro atoms. The van der Waals surface area contributed by atoms with Gasteiger partial charge >= 0.3 is 0 Å². The average Bonchev–Trinajstić information content (AvgIpc) is 2.93. The van der Waals surface area contributed by atoms with Crippen molar-refractivity contribution in [3.8, 4) is 5.69 Å². The Hall–Kier alpha value is -1.36. The summed E-state index contributed by atoms with van der Waals surface area (Å²) in [5, 5.41) is 8.24. The van der Waals surface area contributed by atoms with Gasteiger partial charge in [-0.3, -0.25) is 0 Å². The SMILES string of the molecule is Clc1cnn(-c2ccc(CCN3CCNCC3)cc2)c1. The lowest BCUT2D eigenvalue weighted by Crippen LogP contribution is -2.44. The van der Waals surface area contributed by atoms with E-state index in [4.69, 9.17) is 11.6 Å². The maximum absolute atomic E-state index is 5.88. The van der Waals surface area contributed by atoms with Crippen LogP contribution in [0, 0.1) is 0 Å². The monoisotopic (exact) mass is 290 g/mol. The quantitative estimate of drug-likeness (QED) is 0.935. The van der Waals surface area contributed by atoms with E-state index in [0.29, 0.717) is 5.02 Å². The summed E-state index contributed by atoms with van der Waals surface area (Å²) >= 11 is 5.88. The number of hydrogen-bond donors (Lipinski definition) is 1. The first-order valence-electron chi connectivity index (χ1n) is 7.04. The van der Waals surface area contributed by atoms with E-state index in [1.54, 1.807) is 10.9 Å². The third kappa shape index (κ3) is 3.39. The highest BCUT2D eigenvalue weighted by atomic mass is 35.5. The Morgan fingerprint density at radius 1 is 1.15 bits per heavy atom. The normalized spacial score (nSPS) is 16.4. The van der Waals surface area contributed by atoms with Crippen LogP contribution in [0.2, 0.25) is 5.02 Å². The Kier molecular flexibility index (Phi) is 4.35. The van der Waals surface area contributed by atoms with E-state index >= 15 is 0 Å². The van der Waals surface area contributed by atoms with Crippen molar-refractivity contribution >= 4 is 11.6 Å². The van der Waals surface area contributed by atoms with Crippen molar-refractivity contribution in [2.75, 3.05) is 32.7 Å². The summed E-state index contributed by atoms with van der Waals surface area (Å²) in [5.41, 5.74) is 2.41. The van der Waals surface area contributed by atoms with Gasteiger partial charge in [0, 0.05) is 38.9 Å². The summed E-state index contributed by atoms with van der Waals surface area (Å²) in [5.74, 6) is 0. The predicted octanol–water partition coefficient (Wildman–Crippen LogP) is 1.97. The zero-order valence-electron chi connectivity index (χ0n) is 11.4. The number of benzene rings is 1. The lowest BCUT2D eigenvalue weighted by molar-refractivity contribution is 0.244. The van der Waals surface area contributed by atoms with Crippen LogP contribution in [0.25, 0.3) is 5.69 Å². The molecular formula is C15H19ClN4. The number of aromatic nitrogens is 2. The molecule has 1 saturated heterocycles. The van der Waals surface area contributed by atoms with Gasteiger partial charge in [0.25, 0.3) is 0 Å². The van der Waals surface area contributed by atoms with Gasteiger partial charge in [-0.15, -0.1) is 0 Å². The van der Waals surface area contributed by atoms with Crippen molar-refractivity contribution in [3.63, 3.8) is 0 Å². The van der Waals surface area contributed by atoms with Crippen LogP contribution in [-0.4, -0.2) is 47.4 Å². The summed E-state index contributed by atoms with van der Waals surface area (Å²) in [7, 11) is 0. The van der Waals surface area contributed by atoms with Crippen LogP contribution in [0.1, 0.15) is 5.56 Å². The second-order valence-corrected chi connectivity index (χ2v) is 5.55. The minimum absolute atomic E-state index is 0.660. The van der Waals surface area contributed by atoms with Crippen LogP contribution in [0.4, 0.5) is 0 Å². The highest BCUT2D eigenvalue weighted by molar-refractivity contribution is 6.30. The van der Waals surface area contributed by atoms with Gasteiger partial charge < -0.3 is 10.2 Å². The van der Waals surface area contributed by atoms with Crippen molar-refractivity contribution in [2.45, 2.75) is 6.42 Å². The fourth-order valence-corrected chi connectivity index (χ4v) is 2.62. The molecule has 20 heavy (non-hydrogen) atoms. The number of nitrogens with zero attached hydrogens (tertiary/aromatic N) is 3. The van der Waals surface area contributed by atoms with Crippen LogP contribution >= 0.6 is 11.6 Å². The van der Waals surface area contributed by atoms with Crippen molar-refractivity contribution in [2.24, 2.45) is 0 Å². The lowest BCUT2D eigenvalue weighted by Gasteiger charge is -2.27. The highest BCUT2D eigenvalue weighted by Crippen LogP contribution is 2.13. The Balaban J connectivity index is 1.58. The molecule has 1 aromatic heterocycles. The maximum atomic E-state index is 5.88. The Bertz CT molecular complexity index is 543. The third-order valence-corrected chi connectivity index (χ3v) is 3.87. The molecule has 1 aliphatic rings. The molecule has 0 unspecified atom stereocenters.